The number of halogens is 1. The van der Waals surface area contributed by atoms with Gasteiger partial charge in [0.05, 0.1) is 6.04 Å². The first-order valence-corrected chi connectivity index (χ1v) is 10.3. The molecule has 2 atom stereocenters. The van der Waals surface area contributed by atoms with E-state index in [0.29, 0.717) is 18.8 Å². The largest absolute Gasteiger partial charge is 0.478 e. The van der Waals surface area contributed by atoms with Crippen LogP contribution < -0.4 is 4.74 Å². The van der Waals surface area contributed by atoms with Crippen LogP contribution in [-0.2, 0) is 17.8 Å². The lowest BCUT2D eigenvalue weighted by Gasteiger charge is -2.29. The second-order valence-electron chi connectivity index (χ2n) is 7.82. The van der Waals surface area contributed by atoms with Crippen molar-refractivity contribution in [2.75, 3.05) is 20.1 Å². The monoisotopic (exact) mass is 398 g/mol. The summed E-state index contributed by atoms with van der Waals surface area (Å²) in [6.45, 7) is 4.35. The SMILES string of the molecule is CC[C@H](Oc1ccccc1F)C(=O)N1CCC[C@H]1c1ncc2c(n1)CCN(C)C2. The lowest BCUT2D eigenvalue weighted by atomic mass is 10.1. The third-order valence-electron chi connectivity index (χ3n) is 5.73. The molecule has 2 aliphatic heterocycles. The number of likely N-dealkylation sites (tertiary alicyclic amines) is 1. The van der Waals surface area contributed by atoms with Crippen molar-refractivity contribution in [3.63, 3.8) is 0 Å². The lowest BCUT2D eigenvalue weighted by molar-refractivity contribution is -0.140. The number of nitrogens with zero attached hydrogens (tertiary/aromatic N) is 4. The van der Waals surface area contributed by atoms with Crippen LogP contribution in [-0.4, -0.2) is 51.9 Å². The van der Waals surface area contributed by atoms with Crippen molar-refractivity contribution in [1.82, 2.24) is 19.8 Å². The van der Waals surface area contributed by atoms with Gasteiger partial charge in [0, 0.05) is 43.5 Å². The normalized spacial score (nSPS) is 20.4. The van der Waals surface area contributed by atoms with Gasteiger partial charge in [0.25, 0.3) is 5.91 Å². The van der Waals surface area contributed by atoms with E-state index in [1.807, 2.05) is 18.0 Å². The summed E-state index contributed by atoms with van der Waals surface area (Å²) in [5.41, 5.74) is 2.25. The summed E-state index contributed by atoms with van der Waals surface area (Å²) in [6, 6.07) is 6.05. The van der Waals surface area contributed by atoms with Crippen LogP contribution in [0, 0.1) is 5.82 Å². The summed E-state index contributed by atoms with van der Waals surface area (Å²) in [4.78, 5) is 26.7. The molecule has 1 amide bonds. The number of rotatable bonds is 5. The molecular formula is C22H27FN4O2. The zero-order chi connectivity index (χ0) is 20.4. The Morgan fingerprint density at radius 1 is 1.34 bits per heavy atom. The summed E-state index contributed by atoms with van der Waals surface area (Å²) in [5.74, 6) is 0.233. The van der Waals surface area contributed by atoms with Crippen LogP contribution in [0.1, 0.15) is 49.3 Å². The van der Waals surface area contributed by atoms with Gasteiger partial charge in [-0.3, -0.25) is 4.79 Å². The number of carbonyl (C=O) groups is 1. The molecule has 29 heavy (non-hydrogen) atoms. The van der Waals surface area contributed by atoms with Gasteiger partial charge in [0.15, 0.2) is 23.5 Å². The maximum Gasteiger partial charge on any atom is 0.264 e. The number of fused-ring (bicyclic) bond motifs is 1. The maximum absolute atomic E-state index is 14.0. The first-order valence-electron chi connectivity index (χ1n) is 10.3. The first kappa shape index (κ1) is 19.8. The van der Waals surface area contributed by atoms with E-state index in [1.54, 1.807) is 18.2 Å². The molecule has 0 saturated carbocycles. The number of likely N-dealkylation sites (N-methyl/N-ethyl adjacent to an activating group) is 1. The molecule has 2 aromatic rings. The Kier molecular flexibility index (Phi) is 5.76. The fraction of sp³-hybridized carbons (Fsp3) is 0.500. The standard InChI is InChI=1S/C22H27FN4O2/c1-3-19(29-20-9-5-4-7-16(20)23)22(28)27-11-6-8-18(27)21-24-13-15-14-26(2)12-10-17(15)25-21/h4-5,7,9,13,18-19H,3,6,8,10-12,14H2,1-2H3/t18-,19-/m0/s1. The predicted molar refractivity (Wildman–Crippen MR) is 107 cm³/mol. The van der Waals surface area contributed by atoms with Crippen LogP contribution >= 0.6 is 0 Å². The minimum Gasteiger partial charge on any atom is -0.478 e. The molecule has 2 aliphatic rings. The minimum absolute atomic E-state index is 0.109. The zero-order valence-corrected chi connectivity index (χ0v) is 17.0. The average Bonchev–Trinajstić information content (AvgIpc) is 3.22. The van der Waals surface area contributed by atoms with E-state index in [0.717, 1.165) is 43.6 Å². The van der Waals surface area contributed by atoms with Crippen molar-refractivity contribution in [3.8, 4) is 5.75 Å². The van der Waals surface area contributed by atoms with Crippen LogP contribution in [0.15, 0.2) is 30.5 Å². The number of benzene rings is 1. The van der Waals surface area contributed by atoms with Gasteiger partial charge in [-0.05, 0) is 38.4 Å². The summed E-state index contributed by atoms with van der Waals surface area (Å²) in [7, 11) is 2.09. The topological polar surface area (TPSA) is 58.6 Å². The highest BCUT2D eigenvalue weighted by Crippen LogP contribution is 2.32. The van der Waals surface area contributed by atoms with Gasteiger partial charge >= 0.3 is 0 Å². The highest BCUT2D eigenvalue weighted by molar-refractivity contribution is 5.82. The molecule has 6 nitrogen and oxygen atoms in total. The van der Waals surface area contributed by atoms with Gasteiger partial charge < -0.3 is 14.5 Å². The summed E-state index contributed by atoms with van der Waals surface area (Å²) in [5, 5.41) is 0. The predicted octanol–water partition coefficient (Wildman–Crippen LogP) is 3.12. The van der Waals surface area contributed by atoms with Gasteiger partial charge in [-0.15, -0.1) is 0 Å². The fourth-order valence-corrected chi connectivity index (χ4v) is 4.12. The molecule has 1 aromatic heterocycles. The zero-order valence-electron chi connectivity index (χ0n) is 17.0. The van der Waals surface area contributed by atoms with E-state index >= 15 is 0 Å². The molecule has 3 heterocycles. The Hall–Kier alpha value is -2.54. The van der Waals surface area contributed by atoms with Gasteiger partial charge in [-0.2, -0.15) is 0 Å². The van der Waals surface area contributed by atoms with Crippen molar-refractivity contribution >= 4 is 5.91 Å². The van der Waals surface area contributed by atoms with Crippen LogP contribution in [0.5, 0.6) is 5.75 Å². The number of amides is 1. The van der Waals surface area contributed by atoms with Gasteiger partial charge in [0.2, 0.25) is 0 Å². The molecule has 0 spiro atoms. The van der Waals surface area contributed by atoms with Gasteiger partial charge in [-0.1, -0.05) is 19.1 Å². The smallest absolute Gasteiger partial charge is 0.264 e. The van der Waals surface area contributed by atoms with Crippen LogP contribution in [0.25, 0.3) is 0 Å². The number of ether oxygens (including phenoxy) is 1. The highest BCUT2D eigenvalue weighted by Gasteiger charge is 2.36. The quantitative estimate of drug-likeness (QED) is 0.775. The van der Waals surface area contributed by atoms with Crippen molar-refractivity contribution in [3.05, 3.63) is 53.4 Å². The first-order chi connectivity index (χ1) is 14.1. The molecule has 0 bridgehead atoms. The minimum atomic E-state index is -0.723. The van der Waals surface area contributed by atoms with Crippen LogP contribution in [0.4, 0.5) is 4.39 Å². The number of para-hydroxylation sites is 1. The maximum atomic E-state index is 14.0. The fourth-order valence-electron chi connectivity index (χ4n) is 4.12. The Morgan fingerprint density at radius 3 is 2.97 bits per heavy atom. The van der Waals surface area contributed by atoms with E-state index in [-0.39, 0.29) is 17.7 Å². The van der Waals surface area contributed by atoms with Crippen molar-refractivity contribution in [1.29, 1.82) is 0 Å². The van der Waals surface area contributed by atoms with Crippen molar-refractivity contribution in [2.24, 2.45) is 0 Å². The van der Waals surface area contributed by atoms with Gasteiger partial charge in [-0.25, -0.2) is 14.4 Å². The number of hydrogen-bond acceptors (Lipinski definition) is 5. The van der Waals surface area contributed by atoms with E-state index in [4.69, 9.17) is 9.72 Å². The summed E-state index contributed by atoms with van der Waals surface area (Å²) in [6.07, 6.45) is 4.28. The van der Waals surface area contributed by atoms with E-state index < -0.39 is 11.9 Å². The Balaban J connectivity index is 1.53. The van der Waals surface area contributed by atoms with Crippen molar-refractivity contribution < 1.29 is 13.9 Å². The summed E-state index contributed by atoms with van der Waals surface area (Å²) >= 11 is 0. The van der Waals surface area contributed by atoms with E-state index in [1.165, 1.54) is 6.07 Å². The highest BCUT2D eigenvalue weighted by atomic mass is 19.1. The second kappa shape index (κ2) is 8.45. The Labute approximate surface area is 170 Å². The van der Waals surface area contributed by atoms with E-state index in [2.05, 4.69) is 16.9 Å². The lowest BCUT2D eigenvalue weighted by Crippen LogP contribution is -2.42. The molecule has 0 aliphatic carbocycles. The van der Waals surface area contributed by atoms with Crippen LogP contribution in [0.2, 0.25) is 0 Å². The van der Waals surface area contributed by atoms with E-state index in [9.17, 15) is 9.18 Å². The molecule has 4 rings (SSSR count). The molecule has 1 fully saturated rings. The Morgan fingerprint density at radius 2 is 2.17 bits per heavy atom. The molecule has 0 N–H and O–H groups in total. The summed E-state index contributed by atoms with van der Waals surface area (Å²) < 4.78 is 19.7. The number of aromatic nitrogens is 2. The Bertz CT molecular complexity index is 891. The molecular weight excluding hydrogens is 371 g/mol. The van der Waals surface area contributed by atoms with Crippen molar-refractivity contribution in [2.45, 2.75) is 51.3 Å². The molecule has 1 aromatic carbocycles. The average molecular weight is 398 g/mol. The molecule has 154 valence electrons. The van der Waals surface area contributed by atoms with Crippen LogP contribution in [0.3, 0.4) is 0 Å². The number of hydrogen-bond donors (Lipinski definition) is 0. The molecule has 0 radical (unpaired) electrons. The number of carbonyl (C=O) groups excluding carboxylic acids is 1. The molecule has 7 heteroatoms. The van der Waals surface area contributed by atoms with Gasteiger partial charge in [0.1, 0.15) is 0 Å². The molecule has 1 saturated heterocycles. The molecule has 0 unspecified atom stereocenters. The third kappa shape index (κ3) is 4.10. The third-order valence-corrected chi connectivity index (χ3v) is 5.73. The second-order valence-corrected chi connectivity index (χ2v) is 7.82.